The molecule has 1 fully saturated rings. The molecule has 0 aliphatic carbocycles. The van der Waals surface area contributed by atoms with Crippen molar-refractivity contribution in [2.45, 2.75) is 13.3 Å². The zero-order chi connectivity index (χ0) is 15.7. The summed E-state index contributed by atoms with van der Waals surface area (Å²) in [6.07, 6.45) is 0.120. The van der Waals surface area contributed by atoms with Crippen molar-refractivity contribution in [1.82, 2.24) is 14.9 Å². The second-order valence-electron chi connectivity index (χ2n) is 5.16. The number of thiophene rings is 1. The normalized spacial score (nSPS) is 15.4. The third-order valence-electron chi connectivity index (χ3n) is 3.85. The molecule has 2 aromatic heterocycles. The summed E-state index contributed by atoms with van der Waals surface area (Å²) in [5, 5.41) is 13.1. The van der Waals surface area contributed by atoms with Gasteiger partial charge in [0.1, 0.15) is 10.6 Å². The third-order valence-corrected chi connectivity index (χ3v) is 5.02. The number of nitrogens with one attached hydrogen (secondary N) is 1. The summed E-state index contributed by atoms with van der Waals surface area (Å²) in [6.45, 7) is 4.43. The predicted octanol–water partition coefficient (Wildman–Crippen LogP) is 2.10. The molecule has 7 nitrogen and oxygen atoms in total. The summed E-state index contributed by atoms with van der Waals surface area (Å²) < 4.78 is 0. The van der Waals surface area contributed by atoms with Crippen molar-refractivity contribution in [2.24, 2.45) is 0 Å². The highest BCUT2D eigenvalue weighted by Crippen LogP contribution is 2.32. The Bertz CT molecular complexity index is 694. The maximum atomic E-state index is 11.0. The molecule has 8 heteroatoms. The number of aryl methyl sites for hydroxylation is 1. The number of amides is 1. The zero-order valence-electron chi connectivity index (χ0n) is 12.7. The van der Waals surface area contributed by atoms with Crippen molar-refractivity contribution in [3.8, 4) is 0 Å². The molecule has 1 aliphatic heterocycles. The third kappa shape index (κ3) is 2.66. The highest BCUT2D eigenvalue weighted by Gasteiger charge is 2.23. The van der Waals surface area contributed by atoms with Crippen molar-refractivity contribution in [2.75, 3.05) is 43.4 Å². The van der Waals surface area contributed by atoms with Gasteiger partial charge in [-0.15, -0.1) is 11.3 Å². The van der Waals surface area contributed by atoms with Crippen molar-refractivity contribution in [3.05, 3.63) is 10.9 Å². The molecule has 0 spiro atoms. The molecule has 0 unspecified atom stereocenters. The van der Waals surface area contributed by atoms with Gasteiger partial charge in [0.15, 0.2) is 0 Å². The van der Waals surface area contributed by atoms with E-state index in [2.05, 4.69) is 33.2 Å². The van der Waals surface area contributed by atoms with Crippen LogP contribution in [0.5, 0.6) is 0 Å². The quantitative estimate of drug-likeness (QED) is 0.901. The number of nitrogens with zero attached hydrogens (tertiary/aromatic N) is 4. The lowest BCUT2D eigenvalue weighted by Crippen LogP contribution is -2.48. The first kappa shape index (κ1) is 14.8. The Balaban J connectivity index is 1.95. The van der Waals surface area contributed by atoms with E-state index in [-0.39, 0.29) is 0 Å². The van der Waals surface area contributed by atoms with Crippen LogP contribution >= 0.6 is 11.3 Å². The van der Waals surface area contributed by atoms with E-state index in [9.17, 15) is 4.79 Å². The van der Waals surface area contributed by atoms with Crippen molar-refractivity contribution in [3.63, 3.8) is 0 Å². The van der Waals surface area contributed by atoms with Crippen molar-refractivity contribution in [1.29, 1.82) is 0 Å². The molecule has 2 aromatic rings. The van der Waals surface area contributed by atoms with E-state index >= 15 is 0 Å². The fraction of sp³-hybridized carbons (Fsp3) is 0.500. The van der Waals surface area contributed by atoms with Crippen LogP contribution < -0.4 is 10.2 Å². The lowest BCUT2D eigenvalue weighted by Gasteiger charge is -2.34. The van der Waals surface area contributed by atoms with E-state index in [1.165, 1.54) is 9.78 Å². The van der Waals surface area contributed by atoms with Crippen molar-refractivity contribution >= 4 is 39.4 Å². The summed E-state index contributed by atoms with van der Waals surface area (Å²) in [4.78, 5) is 26.0. The minimum Gasteiger partial charge on any atom is -0.465 e. The lowest BCUT2D eigenvalue weighted by molar-refractivity contribution is 0.142. The molecule has 1 saturated heterocycles. The lowest BCUT2D eigenvalue weighted by atomic mass is 10.2. The van der Waals surface area contributed by atoms with Crippen LogP contribution in [0.25, 0.3) is 10.2 Å². The van der Waals surface area contributed by atoms with Gasteiger partial charge in [-0.2, -0.15) is 4.98 Å². The van der Waals surface area contributed by atoms with E-state index < -0.39 is 6.09 Å². The van der Waals surface area contributed by atoms with E-state index in [0.717, 1.165) is 22.5 Å². The summed E-state index contributed by atoms with van der Waals surface area (Å²) in [5.74, 6) is 1.50. The topological polar surface area (TPSA) is 81.6 Å². The Labute approximate surface area is 132 Å². The second kappa shape index (κ2) is 5.96. The van der Waals surface area contributed by atoms with E-state index in [4.69, 9.17) is 5.11 Å². The fourth-order valence-electron chi connectivity index (χ4n) is 2.59. The van der Waals surface area contributed by atoms with Crippen LogP contribution in [0, 0.1) is 0 Å². The first-order valence-electron chi connectivity index (χ1n) is 7.33. The smallest absolute Gasteiger partial charge is 0.407 e. The Kier molecular flexibility index (Phi) is 4.02. The molecule has 0 aromatic carbocycles. The maximum Gasteiger partial charge on any atom is 0.407 e. The Morgan fingerprint density at radius 1 is 1.36 bits per heavy atom. The van der Waals surface area contributed by atoms with Crippen LogP contribution in [0.4, 0.5) is 16.6 Å². The van der Waals surface area contributed by atoms with Gasteiger partial charge in [-0.25, -0.2) is 9.78 Å². The van der Waals surface area contributed by atoms with Gasteiger partial charge < -0.3 is 20.2 Å². The van der Waals surface area contributed by atoms with Crippen LogP contribution in [0.3, 0.4) is 0 Å². The second-order valence-corrected chi connectivity index (χ2v) is 6.28. The van der Waals surface area contributed by atoms with E-state index in [0.29, 0.717) is 32.1 Å². The summed E-state index contributed by atoms with van der Waals surface area (Å²) in [7, 11) is 1.81. The van der Waals surface area contributed by atoms with Gasteiger partial charge in [-0.3, -0.25) is 0 Å². The molecule has 22 heavy (non-hydrogen) atoms. The molecule has 0 bridgehead atoms. The van der Waals surface area contributed by atoms with Gasteiger partial charge in [0.05, 0.1) is 5.39 Å². The molecule has 1 aliphatic rings. The summed E-state index contributed by atoms with van der Waals surface area (Å²) in [5.41, 5.74) is 0. The number of aromatic nitrogens is 2. The fourth-order valence-corrected chi connectivity index (χ4v) is 3.55. The van der Waals surface area contributed by atoms with E-state index in [1.807, 2.05) is 7.05 Å². The number of carbonyl (C=O) groups is 1. The summed E-state index contributed by atoms with van der Waals surface area (Å²) >= 11 is 1.69. The number of hydrogen-bond acceptors (Lipinski definition) is 6. The van der Waals surface area contributed by atoms with Crippen LogP contribution in [0.2, 0.25) is 0 Å². The first-order valence-corrected chi connectivity index (χ1v) is 8.15. The number of hydrogen-bond donors (Lipinski definition) is 2. The van der Waals surface area contributed by atoms with Gasteiger partial charge in [0.2, 0.25) is 5.95 Å². The highest BCUT2D eigenvalue weighted by molar-refractivity contribution is 7.18. The van der Waals surface area contributed by atoms with Crippen LogP contribution in [0.1, 0.15) is 11.8 Å². The Morgan fingerprint density at radius 3 is 2.68 bits per heavy atom. The molecule has 2 N–H and O–H groups in total. The minimum atomic E-state index is -0.854. The number of piperazine rings is 1. The Morgan fingerprint density at radius 2 is 2.09 bits per heavy atom. The molecule has 3 heterocycles. The predicted molar refractivity (Wildman–Crippen MR) is 88.2 cm³/mol. The molecular formula is C14H19N5O2S. The van der Waals surface area contributed by atoms with Gasteiger partial charge in [0, 0.05) is 38.1 Å². The molecule has 1 amide bonds. The zero-order valence-corrected chi connectivity index (χ0v) is 13.5. The SMILES string of the molecule is CCc1cc2c(N3CCN(C(=O)O)CC3)nc(NC)nc2s1. The van der Waals surface area contributed by atoms with Crippen molar-refractivity contribution < 1.29 is 9.90 Å². The number of carboxylic acid groups (broad SMARTS) is 1. The molecule has 118 valence electrons. The summed E-state index contributed by atoms with van der Waals surface area (Å²) in [6, 6.07) is 2.15. The Hall–Kier alpha value is -2.09. The molecule has 0 radical (unpaired) electrons. The molecule has 3 rings (SSSR count). The maximum absolute atomic E-state index is 11.0. The standard InChI is InChI=1S/C14H19N5O2S/c1-3-9-8-10-11(16-13(15-2)17-12(10)22-9)18-4-6-19(7-5-18)14(20)21/h8H,3-7H2,1-2H3,(H,20,21)(H,15,16,17). The van der Waals surface area contributed by atoms with Gasteiger partial charge >= 0.3 is 6.09 Å². The van der Waals surface area contributed by atoms with Gasteiger partial charge in [-0.1, -0.05) is 6.92 Å². The number of anilines is 2. The monoisotopic (exact) mass is 321 g/mol. The molecule has 0 atom stereocenters. The molecule has 0 saturated carbocycles. The number of rotatable bonds is 3. The number of fused-ring (bicyclic) bond motifs is 1. The average molecular weight is 321 g/mol. The minimum absolute atomic E-state index is 0.500. The first-order chi connectivity index (χ1) is 10.6. The van der Waals surface area contributed by atoms with Gasteiger partial charge in [0.25, 0.3) is 0 Å². The average Bonchev–Trinajstić information content (AvgIpc) is 2.97. The largest absolute Gasteiger partial charge is 0.465 e. The van der Waals surface area contributed by atoms with E-state index in [1.54, 1.807) is 11.3 Å². The van der Waals surface area contributed by atoms with Crippen LogP contribution in [-0.4, -0.2) is 59.3 Å². The molecular weight excluding hydrogens is 302 g/mol. The van der Waals surface area contributed by atoms with Gasteiger partial charge in [-0.05, 0) is 12.5 Å². The van der Waals surface area contributed by atoms with Crippen LogP contribution in [0.15, 0.2) is 6.07 Å². The highest BCUT2D eigenvalue weighted by atomic mass is 32.1. The van der Waals surface area contributed by atoms with Crippen LogP contribution in [-0.2, 0) is 6.42 Å².